The first-order valence-corrected chi connectivity index (χ1v) is 9.30. The zero-order valence-corrected chi connectivity index (χ0v) is 15.1. The molecule has 0 radical (unpaired) electrons. The number of aliphatic hydroxyl groups excluding tert-OH is 2. The molecule has 0 aromatic rings. The van der Waals surface area contributed by atoms with Crippen LogP contribution in [0.25, 0.3) is 0 Å². The zero-order valence-electron chi connectivity index (χ0n) is 15.1. The molecule has 3 heteroatoms. The minimum atomic E-state index is -0.531. The normalized spacial score (nSPS) is 31.5. The number of ether oxygens (including phenoxy) is 1. The predicted molar refractivity (Wildman–Crippen MR) is 92.0 cm³/mol. The van der Waals surface area contributed by atoms with Gasteiger partial charge in [-0.1, -0.05) is 40.0 Å². The van der Waals surface area contributed by atoms with Gasteiger partial charge in [0, 0.05) is 6.61 Å². The van der Waals surface area contributed by atoms with E-state index in [-0.39, 0.29) is 6.61 Å². The standard InChI is InChI=1S/C19H38O3/c1-4-14-22-16-19(3)12-6-10-18(2,11-7-13-19)9-5-8-17(21)15-20/h17,20-21H,4-16H2,1-3H3. The van der Waals surface area contributed by atoms with E-state index >= 15 is 0 Å². The lowest BCUT2D eigenvalue weighted by Crippen LogP contribution is -2.28. The summed E-state index contributed by atoms with van der Waals surface area (Å²) in [6.07, 6.45) is 11.2. The summed E-state index contributed by atoms with van der Waals surface area (Å²) in [6, 6.07) is 0. The van der Waals surface area contributed by atoms with E-state index in [1.807, 2.05) is 0 Å². The lowest BCUT2D eigenvalue weighted by atomic mass is 9.69. The number of hydrogen-bond acceptors (Lipinski definition) is 3. The fraction of sp³-hybridized carbons (Fsp3) is 1.00. The topological polar surface area (TPSA) is 49.7 Å². The molecule has 0 spiro atoms. The van der Waals surface area contributed by atoms with E-state index in [4.69, 9.17) is 9.84 Å². The Morgan fingerprint density at radius 1 is 1.05 bits per heavy atom. The summed E-state index contributed by atoms with van der Waals surface area (Å²) in [5.41, 5.74) is 0.782. The minimum absolute atomic E-state index is 0.104. The Morgan fingerprint density at radius 3 is 2.18 bits per heavy atom. The van der Waals surface area contributed by atoms with Crippen molar-refractivity contribution < 1.29 is 14.9 Å². The van der Waals surface area contributed by atoms with Crippen LogP contribution in [0.1, 0.15) is 85.0 Å². The van der Waals surface area contributed by atoms with Crippen LogP contribution in [0.15, 0.2) is 0 Å². The number of hydrogen-bond donors (Lipinski definition) is 2. The van der Waals surface area contributed by atoms with Crippen LogP contribution >= 0.6 is 0 Å². The molecule has 0 heterocycles. The summed E-state index contributed by atoms with van der Waals surface area (Å²) in [5, 5.41) is 18.4. The number of rotatable bonds is 9. The van der Waals surface area contributed by atoms with E-state index in [0.29, 0.717) is 10.8 Å². The minimum Gasteiger partial charge on any atom is -0.394 e. The van der Waals surface area contributed by atoms with Gasteiger partial charge in [0.2, 0.25) is 0 Å². The average molecular weight is 315 g/mol. The molecular formula is C19H38O3. The second-order valence-electron chi connectivity index (χ2n) is 8.11. The highest BCUT2D eigenvalue weighted by atomic mass is 16.5. The summed E-state index contributed by atoms with van der Waals surface area (Å²) in [7, 11) is 0. The average Bonchev–Trinajstić information content (AvgIpc) is 2.46. The molecule has 1 unspecified atom stereocenters. The quantitative estimate of drug-likeness (QED) is 0.624. The Morgan fingerprint density at radius 2 is 1.64 bits per heavy atom. The van der Waals surface area contributed by atoms with E-state index in [9.17, 15) is 5.11 Å². The first kappa shape index (κ1) is 19.9. The van der Waals surface area contributed by atoms with Crippen LogP contribution in [0, 0.1) is 10.8 Å². The van der Waals surface area contributed by atoms with Crippen LogP contribution in [0.2, 0.25) is 0 Å². The van der Waals surface area contributed by atoms with Gasteiger partial charge in [0.15, 0.2) is 0 Å². The Balaban J connectivity index is 2.36. The Labute approximate surface area is 137 Å². The zero-order chi connectivity index (χ0) is 16.5. The van der Waals surface area contributed by atoms with Gasteiger partial charge in [-0.15, -0.1) is 0 Å². The molecule has 1 rings (SSSR count). The van der Waals surface area contributed by atoms with Gasteiger partial charge in [-0.25, -0.2) is 0 Å². The molecule has 0 aromatic carbocycles. The maximum Gasteiger partial charge on any atom is 0.0770 e. The molecule has 2 N–H and O–H groups in total. The highest BCUT2D eigenvalue weighted by molar-refractivity contribution is 4.83. The van der Waals surface area contributed by atoms with Gasteiger partial charge >= 0.3 is 0 Å². The van der Waals surface area contributed by atoms with Crippen LogP contribution < -0.4 is 0 Å². The van der Waals surface area contributed by atoms with Crippen LogP contribution in [0.5, 0.6) is 0 Å². The molecule has 0 saturated heterocycles. The van der Waals surface area contributed by atoms with Crippen molar-refractivity contribution in [1.82, 2.24) is 0 Å². The molecule has 1 aliphatic rings. The van der Waals surface area contributed by atoms with Gasteiger partial charge in [-0.2, -0.15) is 0 Å². The highest BCUT2D eigenvalue weighted by Gasteiger charge is 2.31. The summed E-state index contributed by atoms with van der Waals surface area (Å²) >= 11 is 0. The van der Waals surface area contributed by atoms with Gasteiger partial charge in [-0.05, 0) is 55.8 Å². The van der Waals surface area contributed by atoms with Crippen LogP contribution in [0.3, 0.4) is 0 Å². The van der Waals surface area contributed by atoms with Gasteiger partial charge in [0.1, 0.15) is 0 Å². The molecule has 0 amide bonds. The van der Waals surface area contributed by atoms with E-state index in [1.54, 1.807) is 0 Å². The third-order valence-corrected chi connectivity index (χ3v) is 5.45. The summed E-state index contributed by atoms with van der Waals surface area (Å²) in [6.45, 7) is 8.67. The Kier molecular flexibility index (Phi) is 8.96. The van der Waals surface area contributed by atoms with Gasteiger partial charge in [0.25, 0.3) is 0 Å². The van der Waals surface area contributed by atoms with Crippen molar-refractivity contribution in [3.8, 4) is 0 Å². The van der Waals surface area contributed by atoms with Crippen LogP contribution in [0.4, 0.5) is 0 Å². The molecule has 3 nitrogen and oxygen atoms in total. The van der Waals surface area contributed by atoms with Gasteiger partial charge in [-0.3, -0.25) is 0 Å². The lowest BCUT2D eigenvalue weighted by molar-refractivity contribution is 0.0281. The smallest absolute Gasteiger partial charge is 0.0770 e. The molecule has 0 bridgehead atoms. The second kappa shape index (κ2) is 9.89. The lowest BCUT2D eigenvalue weighted by Gasteiger charge is -2.38. The van der Waals surface area contributed by atoms with Crippen molar-refractivity contribution in [1.29, 1.82) is 0 Å². The van der Waals surface area contributed by atoms with Crippen molar-refractivity contribution in [3.63, 3.8) is 0 Å². The van der Waals surface area contributed by atoms with E-state index in [0.717, 1.165) is 32.5 Å². The fourth-order valence-electron chi connectivity index (χ4n) is 3.85. The van der Waals surface area contributed by atoms with Crippen LogP contribution in [-0.4, -0.2) is 36.1 Å². The van der Waals surface area contributed by atoms with Crippen molar-refractivity contribution in [2.75, 3.05) is 19.8 Å². The summed E-state index contributed by atoms with van der Waals surface area (Å²) in [4.78, 5) is 0. The Hall–Kier alpha value is -0.120. The van der Waals surface area contributed by atoms with Crippen molar-refractivity contribution in [3.05, 3.63) is 0 Å². The first-order valence-electron chi connectivity index (χ1n) is 9.30. The maximum absolute atomic E-state index is 9.48. The molecule has 0 aliphatic heterocycles. The van der Waals surface area contributed by atoms with Crippen molar-refractivity contribution >= 4 is 0 Å². The highest BCUT2D eigenvalue weighted by Crippen LogP contribution is 2.43. The fourth-order valence-corrected chi connectivity index (χ4v) is 3.85. The molecule has 1 atom stereocenters. The molecule has 0 aromatic heterocycles. The molecule has 1 saturated carbocycles. The Bertz CT molecular complexity index is 280. The molecular weight excluding hydrogens is 276 g/mol. The van der Waals surface area contributed by atoms with E-state index in [1.165, 1.54) is 44.9 Å². The third-order valence-electron chi connectivity index (χ3n) is 5.45. The van der Waals surface area contributed by atoms with Crippen molar-refractivity contribution in [2.45, 2.75) is 91.1 Å². The molecule has 1 aliphatic carbocycles. The monoisotopic (exact) mass is 314 g/mol. The van der Waals surface area contributed by atoms with Crippen LogP contribution in [-0.2, 0) is 4.74 Å². The second-order valence-corrected chi connectivity index (χ2v) is 8.11. The molecule has 22 heavy (non-hydrogen) atoms. The SMILES string of the molecule is CCCOCC1(C)CCCC(C)(CCCC(O)CO)CCC1. The summed E-state index contributed by atoms with van der Waals surface area (Å²) < 4.78 is 5.83. The van der Waals surface area contributed by atoms with Gasteiger partial charge in [0.05, 0.1) is 19.3 Å². The molecule has 1 fully saturated rings. The van der Waals surface area contributed by atoms with E-state index in [2.05, 4.69) is 20.8 Å². The first-order chi connectivity index (χ1) is 10.4. The van der Waals surface area contributed by atoms with E-state index < -0.39 is 6.10 Å². The number of aliphatic hydroxyl groups is 2. The van der Waals surface area contributed by atoms with Crippen molar-refractivity contribution in [2.24, 2.45) is 10.8 Å². The third kappa shape index (κ3) is 7.43. The molecule has 132 valence electrons. The predicted octanol–water partition coefficient (Wildman–Crippen LogP) is 4.30. The van der Waals surface area contributed by atoms with Gasteiger partial charge < -0.3 is 14.9 Å². The maximum atomic E-state index is 9.48. The summed E-state index contributed by atoms with van der Waals surface area (Å²) in [5.74, 6) is 0. The largest absolute Gasteiger partial charge is 0.394 e.